The molecule has 0 saturated heterocycles. The van der Waals surface area contributed by atoms with Gasteiger partial charge in [0.25, 0.3) is 0 Å². The monoisotopic (exact) mass is 323 g/mol. The molecule has 0 amide bonds. The molecule has 2 aromatic carbocycles. The van der Waals surface area contributed by atoms with E-state index in [1.54, 1.807) is 0 Å². The number of rotatable bonds is 2. The molecular weight excluding hydrogens is 306 g/mol. The zero-order chi connectivity index (χ0) is 15.6. The summed E-state index contributed by atoms with van der Waals surface area (Å²) in [7, 11) is 0. The summed E-state index contributed by atoms with van der Waals surface area (Å²) < 4.78 is 2.01. The number of benzene rings is 2. The third-order valence-electron chi connectivity index (χ3n) is 4.25. The zero-order valence-electron chi connectivity index (χ0n) is 12.8. The van der Waals surface area contributed by atoms with E-state index in [9.17, 15) is 0 Å². The highest BCUT2D eigenvalue weighted by Gasteiger charge is 2.21. The van der Waals surface area contributed by atoms with E-state index in [1.165, 1.54) is 24.0 Å². The molecule has 0 spiro atoms. The fourth-order valence-electron chi connectivity index (χ4n) is 3.10. The van der Waals surface area contributed by atoms with Crippen LogP contribution in [0.1, 0.15) is 18.4 Å². The van der Waals surface area contributed by atoms with Gasteiger partial charge in [0.05, 0.1) is 11.4 Å². The van der Waals surface area contributed by atoms with Crippen LogP contribution in [0.3, 0.4) is 0 Å². The normalized spacial score (nSPS) is 14.0. The summed E-state index contributed by atoms with van der Waals surface area (Å²) in [5, 5.41) is 9.22. The quantitative estimate of drug-likeness (QED) is 0.723. The molecule has 1 aromatic heterocycles. The Bertz CT molecular complexity index is 807. The number of fused-ring (bicyclic) bond motifs is 1. The van der Waals surface area contributed by atoms with Crippen LogP contribution in [0.15, 0.2) is 54.6 Å². The summed E-state index contributed by atoms with van der Waals surface area (Å²) >= 11 is 6.02. The highest BCUT2D eigenvalue weighted by molar-refractivity contribution is 6.30. The third kappa shape index (κ3) is 2.73. The van der Waals surface area contributed by atoms with Crippen molar-refractivity contribution in [3.05, 3.63) is 65.2 Å². The Morgan fingerprint density at radius 1 is 0.957 bits per heavy atom. The first-order chi connectivity index (χ1) is 11.3. The minimum atomic E-state index is 0.739. The van der Waals surface area contributed by atoms with Gasteiger partial charge in [-0.15, -0.1) is 0 Å². The van der Waals surface area contributed by atoms with Crippen molar-refractivity contribution in [2.24, 2.45) is 0 Å². The van der Waals surface area contributed by atoms with Crippen LogP contribution in [-0.4, -0.2) is 16.3 Å². The summed E-state index contributed by atoms with van der Waals surface area (Å²) in [6.07, 6.45) is 3.43. The van der Waals surface area contributed by atoms with E-state index in [1.807, 2.05) is 35.0 Å². The lowest BCUT2D eigenvalue weighted by Crippen LogP contribution is -2.07. The van der Waals surface area contributed by atoms with Gasteiger partial charge in [0.2, 0.25) is 0 Å². The van der Waals surface area contributed by atoms with Crippen molar-refractivity contribution in [1.29, 1.82) is 0 Å². The number of anilines is 1. The Morgan fingerprint density at radius 2 is 1.74 bits per heavy atom. The minimum Gasteiger partial charge on any atom is -0.370 e. The van der Waals surface area contributed by atoms with Gasteiger partial charge < -0.3 is 5.32 Å². The van der Waals surface area contributed by atoms with E-state index in [4.69, 9.17) is 16.7 Å². The van der Waals surface area contributed by atoms with Gasteiger partial charge in [-0.3, -0.25) is 0 Å². The highest BCUT2D eigenvalue weighted by atomic mass is 35.5. The maximum atomic E-state index is 6.02. The average molecular weight is 324 g/mol. The summed E-state index contributed by atoms with van der Waals surface area (Å²) in [4.78, 5) is 0. The molecule has 1 aliphatic rings. The van der Waals surface area contributed by atoms with E-state index >= 15 is 0 Å². The van der Waals surface area contributed by atoms with Gasteiger partial charge in [-0.1, -0.05) is 41.9 Å². The molecule has 4 heteroatoms. The number of halogens is 1. The molecule has 0 unspecified atom stereocenters. The van der Waals surface area contributed by atoms with Crippen molar-refractivity contribution in [1.82, 2.24) is 9.78 Å². The molecule has 0 saturated carbocycles. The lowest BCUT2D eigenvalue weighted by atomic mass is 10.0. The summed E-state index contributed by atoms with van der Waals surface area (Å²) in [6, 6.07) is 18.2. The standard InChI is InChI=1S/C19H18ClN3/c20-15-9-11-16(12-10-15)23-19-17(8-4-5-13-21-19)18(22-23)14-6-2-1-3-7-14/h1-3,6-7,9-12,21H,4-5,8,13H2. The van der Waals surface area contributed by atoms with Crippen molar-refractivity contribution in [3.63, 3.8) is 0 Å². The average Bonchev–Trinajstić information content (AvgIpc) is 2.78. The molecular formula is C19H18ClN3. The van der Waals surface area contributed by atoms with Gasteiger partial charge in [-0.2, -0.15) is 5.10 Å². The first-order valence-electron chi connectivity index (χ1n) is 8.00. The number of hydrogen-bond donors (Lipinski definition) is 1. The van der Waals surface area contributed by atoms with Gasteiger partial charge in [-0.05, 0) is 43.5 Å². The van der Waals surface area contributed by atoms with Crippen molar-refractivity contribution < 1.29 is 0 Å². The van der Waals surface area contributed by atoms with Crippen molar-refractivity contribution >= 4 is 17.4 Å². The second-order valence-electron chi connectivity index (χ2n) is 5.81. The van der Waals surface area contributed by atoms with Gasteiger partial charge in [0, 0.05) is 22.7 Å². The van der Waals surface area contributed by atoms with Gasteiger partial charge in [-0.25, -0.2) is 4.68 Å². The highest BCUT2D eigenvalue weighted by Crippen LogP contribution is 2.33. The smallest absolute Gasteiger partial charge is 0.133 e. The maximum Gasteiger partial charge on any atom is 0.133 e. The Balaban J connectivity index is 1.89. The van der Waals surface area contributed by atoms with Gasteiger partial charge in [0.15, 0.2) is 0 Å². The molecule has 0 atom stereocenters. The van der Waals surface area contributed by atoms with Crippen molar-refractivity contribution in [2.75, 3.05) is 11.9 Å². The van der Waals surface area contributed by atoms with Crippen LogP contribution in [0.4, 0.5) is 5.82 Å². The molecule has 0 aliphatic carbocycles. The van der Waals surface area contributed by atoms with Gasteiger partial charge in [0.1, 0.15) is 5.82 Å². The van der Waals surface area contributed by atoms with Crippen LogP contribution in [-0.2, 0) is 6.42 Å². The summed E-state index contributed by atoms with van der Waals surface area (Å²) in [6.45, 7) is 0.987. The van der Waals surface area contributed by atoms with Crippen LogP contribution in [0.5, 0.6) is 0 Å². The second kappa shape index (κ2) is 6.09. The van der Waals surface area contributed by atoms with E-state index in [-0.39, 0.29) is 0 Å². The first kappa shape index (κ1) is 14.3. The predicted molar refractivity (Wildman–Crippen MR) is 95.4 cm³/mol. The first-order valence-corrected chi connectivity index (χ1v) is 8.38. The predicted octanol–water partition coefficient (Wildman–Crippen LogP) is 4.94. The van der Waals surface area contributed by atoms with Crippen LogP contribution in [0.2, 0.25) is 5.02 Å². The molecule has 23 heavy (non-hydrogen) atoms. The minimum absolute atomic E-state index is 0.739. The molecule has 0 fully saturated rings. The fraction of sp³-hybridized carbons (Fsp3) is 0.211. The largest absolute Gasteiger partial charge is 0.370 e. The molecule has 3 nitrogen and oxygen atoms in total. The number of nitrogens with one attached hydrogen (secondary N) is 1. The Labute approximate surface area is 140 Å². The molecule has 0 radical (unpaired) electrons. The molecule has 1 N–H and O–H groups in total. The lowest BCUT2D eigenvalue weighted by Gasteiger charge is -2.09. The molecule has 3 aromatic rings. The molecule has 4 rings (SSSR count). The third-order valence-corrected chi connectivity index (χ3v) is 4.50. The SMILES string of the molecule is Clc1ccc(-n2nc(-c3ccccc3)c3c2NCCCC3)cc1. The molecule has 2 heterocycles. The zero-order valence-corrected chi connectivity index (χ0v) is 13.6. The van der Waals surface area contributed by atoms with E-state index in [0.717, 1.165) is 35.2 Å². The number of hydrogen-bond acceptors (Lipinski definition) is 2. The van der Waals surface area contributed by atoms with E-state index in [0.29, 0.717) is 0 Å². The molecule has 0 bridgehead atoms. The van der Waals surface area contributed by atoms with Crippen molar-refractivity contribution in [3.8, 4) is 16.9 Å². The Morgan fingerprint density at radius 3 is 2.52 bits per heavy atom. The van der Waals surface area contributed by atoms with E-state index in [2.05, 4.69) is 29.6 Å². The van der Waals surface area contributed by atoms with Crippen LogP contribution < -0.4 is 5.32 Å². The molecule has 116 valence electrons. The Kier molecular flexibility index (Phi) is 3.80. The second-order valence-corrected chi connectivity index (χ2v) is 6.25. The van der Waals surface area contributed by atoms with Crippen molar-refractivity contribution in [2.45, 2.75) is 19.3 Å². The summed E-state index contributed by atoms with van der Waals surface area (Å²) in [5.41, 5.74) is 4.58. The van der Waals surface area contributed by atoms with Crippen LogP contribution >= 0.6 is 11.6 Å². The topological polar surface area (TPSA) is 29.9 Å². The van der Waals surface area contributed by atoms with Crippen LogP contribution in [0, 0.1) is 0 Å². The number of nitrogens with zero attached hydrogens (tertiary/aromatic N) is 2. The Hall–Kier alpha value is -2.26. The fourth-order valence-corrected chi connectivity index (χ4v) is 3.23. The van der Waals surface area contributed by atoms with Gasteiger partial charge >= 0.3 is 0 Å². The maximum absolute atomic E-state index is 6.02. The summed E-state index contributed by atoms with van der Waals surface area (Å²) in [5.74, 6) is 1.11. The lowest BCUT2D eigenvalue weighted by molar-refractivity contribution is 0.780. The molecule has 1 aliphatic heterocycles. The van der Waals surface area contributed by atoms with E-state index < -0.39 is 0 Å². The van der Waals surface area contributed by atoms with Crippen LogP contribution in [0.25, 0.3) is 16.9 Å². The number of aromatic nitrogens is 2.